The topological polar surface area (TPSA) is 165 Å². The average molecular weight is 483 g/mol. The van der Waals surface area contributed by atoms with Crippen molar-refractivity contribution < 1.29 is 45.0 Å². The summed E-state index contributed by atoms with van der Waals surface area (Å²) in [6.07, 6.45) is -0.876. The van der Waals surface area contributed by atoms with Crippen molar-refractivity contribution in [2.24, 2.45) is 16.7 Å². The lowest BCUT2D eigenvalue weighted by Gasteiger charge is -2.66. The van der Waals surface area contributed by atoms with Gasteiger partial charge in [0.15, 0.2) is 0 Å². The molecule has 4 rings (SSSR count). The van der Waals surface area contributed by atoms with Gasteiger partial charge >= 0.3 is 5.97 Å². The van der Waals surface area contributed by atoms with Crippen LogP contribution in [0.2, 0.25) is 5.02 Å². The summed E-state index contributed by atoms with van der Waals surface area (Å²) in [6.45, 7) is 4.20. The quantitative estimate of drug-likeness (QED) is 0.271. The van der Waals surface area contributed by atoms with Gasteiger partial charge < -0.3 is 35.4 Å². The number of ether oxygens (including phenoxy) is 1. The molecule has 1 aromatic carbocycles. The number of benzene rings is 1. The Bertz CT molecular complexity index is 1090. The van der Waals surface area contributed by atoms with E-state index in [9.17, 15) is 40.2 Å². The highest BCUT2D eigenvalue weighted by atomic mass is 35.5. The van der Waals surface area contributed by atoms with Crippen molar-refractivity contribution in [2.75, 3.05) is 6.61 Å². The molecule has 2 fully saturated rings. The SMILES string of the molecule is Cc1c(Cl)c(O)cc(O)c1C(=O)O[C@@H]1C[C@]2(C)C3[C@@H](O)[C@@](C)(CO)C[C@@]3(O)C=C(C=O)[C@]12O. The summed E-state index contributed by atoms with van der Waals surface area (Å²) in [6, 6.07) is 0.896. The highest BCUT2D eigenvalue weighted by molar-refractivity contribution is 6.33. The number of aliphatic hydroxyl groups is 4. The van der Waals surface area contributed by atoms with Crippen molar-refractivity contribution >= 4 is 23.9 Å². The van der Waals surface area contributed by atoms with Gasteiger partial charge in [-0.05, 0) is 31.4 Å². The molecule has 0 spiro atoms. The van der Waals surface area contributed by atoms with Crippen LogP contribution >= 0.6 is 11.6 Å². The minimum Gasteiger partial charge on any atom is -0.507 e. The van der Waals surface area contributed by atoms with Crippen LogP contribution in [0.3, 0.4) is 0 Å². The number of halogens is 1. The summed E-state index contributed by atoms with van der Waals surface area (Å²) in [5.41, 5.74) is -6.41. The summed E-state index contributed by atoms with van der Waals surface area (Å²) in [7, 11) is 0. The van der Waals surface area contributed by atoms with Gasteiger partial charge in [0.2, 0.25) is 0 Å². The Labute approximate surface area is 194 Å². The number of hydrogen-bond acceptors (Lipinski definition) is 9. The van der Waals surface area contributed by atoms with Crippen LogP contribution in [0.25, 0.3) is 0 Å². The van der Waals surface area contributed by atoms with Crippen molar-refractivity contribution in [1.29, 1.82) is 0 Å². The van der Waals surface area contributed by atoms with Crippen LogP contribution in [0, 0.1) is 23.7 Å². The van der Waals surface area contributed by atoms with Gasteiger partial charge in [-0.3, -0.25) is 4.79 Å². The molecule has 1 unspecified atom stereocenters. The predicted molar refractivity (Wildman–Crippen MR) is 115 cm³/mol. The molecule has 10 heteroatoms. The highest BCUT2D eigenvalue weighted by Crippen LogP contribution is 2.69. The Hall–Kier alpha value is -2.17. The molecular weight excluding hydrogens is 456 g/mol. The van der Waals surface area contributed by atoms with E-state index in [1.807, 2.05) is 0 Å². The smallest absolute Gasteiger partial charge is 0.342 e. The van der Waals surface area contributed by atoms with Crippen molar-refractivity contribution in [1.82, 2.24) is 0 Å². The summed E-state index contributed by atoms with van der Waals surface area (Å²) in [4.78, 5) is 24.9. The molecule has 0 heterocycles. The fourth-order valence-corrected chi connectivity index (χ4v) is 6.52. The third-order valence-electron chi connectivity index (χ3n) is 8.13. The zero-order chi connectivity index (χ0) is 24.7. The first-order valence-corrected chi connectivity index (χ1v) is 10.9. The largest absolute Gasteiger partial charge is 0.507 e. The number of aliphatic hydroxyl groups excluding tert-OH is 2. The van der Waals surface area contributed by atoms with E-state index >= 15 is 0 Å². The Morgan fingerprint density at radius 1 is 1.27 bits per heavy atom. The number of rotatable bonds is 4. The lowest BCUT2D eigenvalue weighted by Crippen LogP contribution is -2.76. The van der Waals surface area contributed by atoms with E-state index in [1.165, 1.54) is 13.0 Å². The average Bonchev–Trinajstić information content (AvgIpc) is 2.94. The molecule has 0 saturated heterocycles. The van der Waals surface area contributed by atoms with Crippen LogP contribution in [0.4, 0.5) is 0 Å². The first-order valence-electron chi connectivity index (χ1n) is 10.5. The number of aldehydes is 1. The maximum atomic E-state index is 12.9. The molecule has 2 saturated carbocycles. The molecular formula is C23H27ClO9. The fourth-order valence-electron chi connectivity index (χ4n) is 6.37. The number of carbonyl (C=O) groups is 2. The van der Waals surface area contributed by atoms with Gasteiger partial charge in [0.25, 0.3) is 0 Å². The minimum absolute atomic E-state index is 0.00239. The van der Waals surface area contributed by atoms with E-state index in [0.29, 0.717) is 6.29 Å². The van der Waals surface area contributed by atoms with Gasteiger partial charge in [-0.2, -0.15) is 0 Å². The Morgan fingerprint density at radius 3 is 2.48 bits per heavy atom. The van der Waals surface area contributed by atoms with Crippen LogP contribution < -0.4 is 0 Å². The van der Waals surface area contributed by atoms with E-state index in [0.717, 1.165) is 6.07 Å². The number of hydrogen-bond donors (Lipinski definition) is 6. The molecule has 1 aromatic rings. The van der Waals surface area contributed by atoms with Crippen LogP contribution in [-0.4, -0.2) is 72.9 Å². The molecule has 6 N–H and O–H groups in total. The minimum atomic E-state index is -2.02. The van der Waals surface area contributed by atoms with E-state index in [4.69, 9.17) is 16.3 Å². The van der Waals surface area contributed by atoms with Crippen molar-refractivity contribution in [3.05, 3.63) is 33.9 Å². The summed E-state index contributed by atoms with van der Waals surface area (Å²) < 4.78 is 5.49. The number of esters is 1. The lowest BCUT2D eigenvalue weighted by atomic mass is 9.43. The monoisotopic (exact) mass is 482 g/mol. The van der Waals surface area contributed by atoms with Crippen LogP contribution in [-0.2, 0) is 9.53 Å². The molecule has 0 radical (unpaired) electrons. The molecule has 33 heavy (non-hydrogen) atoms. The molecule has 7 atom stereocenters. The summed E-state index contributed by atoms with van der Waals surface area (Å²) in [5, 5.41) is 63.6. The van der Waals surface area contributed by atoms with Gasteiger partial charge in [0, 0.05) is 28.4 Å². The van der Waals surface area contributed by atoms with E-state index < -0.39 is 64.2 Å². The van der Waals surface area contributed by atoms with Gasteiger partial charge in [0.05, 0.1) is 23.3 Å². The third-order valence-corrected chi connectivity index (χ3v) is 8.61. The molecule has 9 nitrogen and oxygen atoms in total. The maximum absolute atomic E-state index is 12.9. The highest BCUT2D eigenvalue weighted by Gasteiger charge is 2.78. The van der Waals surface area contributed by atoms with E-state index in [-0.39, 0.29) is 34.6 Å². The first kappa shape index (κ1) is 24.0. The number of phenols is 2. The van der Waals surface area contributed by atoms with Crippen LogP contribution in [0.1, 0.15) is 42.6 Å². The summed E-state index contributed by atoms with van der Waals surface area (Å²) >= 11 is 5.97. The van der Waals surface area contributed by atoms with Gasteiger partial charge in [-0.25, -0.2) is 4.79 Å². The maximum Gasteiger partial charge on any atom is 0.342 e. The van der Waals surface area contributed by atoms with Crippen molar-refractivity contribution in [3.63, 3.8) is 0 Å². The van der Waals surface area contributed by atoms with Crippen LogP contribution in [0.15, 0.2) is 17.7 Å². The molecule has 0 aliphatic heterocycles. The number of phenolic OH excluding ortho intramolecular Hbond substituents is 2. The molecule has 0 amide bonds. The van der Waals surface area contributed by atoms with Crippen molar-refractivity contribution in [3.8, 4) is 11.5 Å². The second-order valence-electron chi connectivity index (χ2n) is 10.1. The number of fused-ring (bicyclic) bond motifs is 3. The molecule has 3 aliphatic rings. The normalized spacial score (nSPS) is 41.5. The van der Waals surface area contributed by atoms with E-state index in [1.54, 1.807) is 13.8 Å². The second-order valence-corrected chi connectivity index (χ2v) is 10.5. The number of carbonyl (C=O) groups excluding carboxylic acids is 2. The zero-order valence-electron chi connectivity index (χ0n) is 18.4. The van der Waals surface area contributed by atoms with Crippen molar-refractivity contribution in [2.45, 2.75) is 57.0 Å². The third kappa shape index (κ3) is 2.86. The van der Waals surface area contributed by atoms with Crippen LogP contribution in [0.5, 0.6) is 11.5 Å². The second kappa shape index (κ2) is 7.16. The Morgan fingerprint density at radius 2 is 1.91 bits per heavy atom. The van der Waals surface area contributed by atoms with Gasteiger partial charge in [-0.1, -0.05) is 25.4 Å². The van der Waals surface area contributed by atoms with E-state index in [2.05, 4.69) is 0 Å². The van der Waals surface area contributed by atoms with Gasteiger partial charge in [-0.15, -0.1) is 0 Å². The Balaban J connectivity index is 1.73. The summed E-state index contributed by atoms with van der Waals surface area (Å²) in [5.74, 6) is -2.95. The fraction of sp³-hybridized carbons (Fsp3) is 0.565. The molecule has 0 bridgehead atoms. The zero-order valence-corrected chi connectivity index (χ0v) is 19.1. The standard InChI is InChI=1S/C23H27ClO9/c1-10-15(12(27)4-13(28)16(10)24)19(30)33-14-6-21(3)17-18(29)20(2,9-26)8-22(17,31)5-11(7-25)23(14,21)32/h4-5,7,14,17-18,26-29,31-32H,6,8-9H2,1-3H3/t14-,17?,18-,20-,21-,22+,23+/m1/s1. The lowest BCUT2D eigenvalue weighted by molar-refractivity contribution is -0.273. The number of aromatic hydroxyl groups is 2. The first-order chi connectivity index (χ1) is 15.2. The van der Waals surface area contributed by atoms with Gasteiger partial charge in [0.1, 0.15) is 35.1 Å². The molecule has 3 aliphatic carbocycles. The predicted octanol–water partition coefficient (Wildman–Crippen LogP) is 0.976. The molecule has 0 aromatic heterocycles. The Kier molecular flexibility index (Phi) is 5.20. The molecule has 180 valence electrons.